The number of aromatic nitrogens is 3. The van der Waals surface area contributed by atoms with Crippen molar-refractivity contribution in [2.24, 2.45) is 0 Å². The number of sulfone groups is 1. The number of nitrogen functional groups attached to an aromatic ring is 1. The summed E-state index contributed by atoms with van der Waals surface area (Å²) in [4.78, 5) is 9.14. The maximum absolute atomic E-state index is 13.0. The predicted octanol–water partition coefficient (Wildman–Crippen LogP) is 5.07. The minimum absolute atomic E-state index is 0.186. The second-order valence-electron chi connectivity index (χ2n) is 8.96. The van der Waals surface area contributed by atoms with E-state index in [1.54, 1.807) is 37.3 Å². The highest BCUT2D eigenvalue weighted by Gasteiger charge is 2.22. The lowest BCUT2D eigenvalue weighted by Gasteiger charge is -2.11. The van der Waals surface area contributed by atoms with Crippen LogP contribution in [-0.4, -0.2) is 41.5 Å². The molecule has 0 saturated heterocycles. The zero-order valence-corrected chi connectivity index (χ0v) is 21.8. The van der Waals surface area contributed by atoms with Crippen molar-refractivity contribution in [1.82, 2.24) is 20.4 Å². The van der Waals surface area contributed by atoms with Gasteiger partial charge in [-0.15, -0.1) is 0 Å². The van der Waals surface area contributed by atoms with E-state index in [-0.39, 0.29) is 10.7 Å². The molecule has 0 spiro atoms. The number of rotatable bonds is 10. The largest absolute Gasteiger partial charge is 0.382 e. The number of halogens is 1. The van der Waals surface area contributed by atoms with Crippen molar-refractivity contribution in [2.45, 2.75) is 50.1 Å². The number of nitrogens with zero attached hydrogens (tertiary/aromatic N) is 3. The van der Waals surface area contributed by atoms with Crippen LogP contribution in [0.1, 0.15) is 32.8 Å². The lowest BCUT2D eigenvalue weighted by molar-refractivity contribution is 0.344. The summed E-state index contributed by atoms with van der Waals surface area (Å²) in [5.41, 5.74) is 10.1. The van der Waals surface area contributed by atoms with Gasteiger partial charge in [0.1, 0.15) is 11.9 Å². The van der Waals surface area contributed by atoms with Gasteiger partial charge in [-0.2, -0.15) is 0 Å². The molecule has 2 atom stereocenters. The van der Waals surface area contributed by atoms with Gasteiger partial charge in [-0.3, -0.25) is 0 Å². The molecule has 0 fully saturated rings. The van der Waals surface area contributed by atoms with Crippen molar-refractivity contribution in [3.63, 3.8) is 0 Å². The number of benzene rings is 2. The smallest absolute Gasteiger partial charge is 0.189 e. The van der Waals surface area contributed by atoms with Crippen LogP contribution in [-0.2, 0) is 16.4 Å². The summed E-state index contributed by atoms with van der Waals surface area (Å²) in [6, 6.07) is 16.0. The maximum atomic E-state index is 13.0. The average molecular weight is 524 g/mol. The Bertz CT molecular complexity index is 1450. The molecule has 2 aromatic carbocycles. The Morgan fingerprint density at radius 3 is 2.32 bits per heavy atom. The predicted molar refractivity (Wildman–Crippen MR) is 142 cm³/mol. The van der Waals surface area contributed by atoms with Crippen molar-refractivity contribution in [1.29, 1.82) is 0 Å². The number of alkyl halides is 1. The maximum Gasteiger partial charge on any atom is 0.189 e. The van der Waals surface area contributed by atoms with Gasteiger partial charge in [0.15, 0.2) is 27.1 Å². The van der Waals surface area contributed by atoms with Crippen LogP contribution >= 0.6 is 0 Å². The molecule has 0 amide bonds. The van der Waals surface area contributed by atoms with Crippen LogP contribution in [0.4, 0.5) is 10.2 Å². The van der Waals surface area contributed by atoms with Crippen LogP contribution in [0.2, 0.25) is 0 Å². The highest BCUT2D eigenvalue weighted by atomic mass is 32.2. The van der Waals surface area contributed by atoms with Crippen molar-refractivity contribution in [2.75, 3.05) is 12.3 Å². The Labute approximate surface area is 216 Å². The minimum atomic E-state index is -3.38. The number of nitrogens with two attached hydrogens (primary N) is 1. The van der Waals surface area contributed by atoms with Gasteiger partial charge >= 0.3 is 0 Å². The Hall–Kier alpha value is -3.63. The topological polar surface area (TPSA) is 124 Å². The summed E-state index contributed by atoms with van der Waals surface area (Å²) in [5, 5.41) is 6.76. The fraction of sp³-hybridized carbons (Fsp3) is 0.296. The van der Waals surface area contributed by atoms with Gasteiger partial charge in [0.2, 0.25) is 0 Å². The Kier molecular flexibility index (Phi) is 7.99. The first-order valence-electron chi connectivity index (χ1n) is 12.1. The molecule has 0 saturated carbocycles. The standard InChI is InChI=1S/C27H30FN5O3S/c1-4-18(3)37(34,35)22-11-9-21(10-12-22)24-16-31-27(29)26(32-24)25-13-23(33-36-25)20-7-5-19(6-8-20)15-30-14-17(2)28/h5-13,16-18,30H,4,14-15H2,1-3H3,(H2,29,31). The van der Waals surface area contributed by atoms with E-state index < -0.39 is 21.3 Å². The summed E-state index contributed by atoms with van der Waals surface area (Å²) in [7, 11) is -3.38. The van der Waals surface area contributed by atoms with E-state index >= 15 is 0 Å². The van der Waals surface area contributed by atoms with Crippen LogP contribution in [0.3, 0.4) is 0 Å². The summed E-state index contributed by atoms with van der Waals surface area (Å²) < 4.78 is 43.7. The molecule has 4 rings (SSSR count). The molecule has 0 radical (unpaired) electrons. The molecule has 8 nitrogen and oxygen atoms in total. The van der Waals surface area contributed by atoms with Crippen molar-refractivity contribution in [3.8, 4) is 34.0 Å². The van der Waals surface area contributed by atoms with Gasteiger partial charge in [0.05, 0.1) is 22.0 Å². The zero-order valence-electron chi connectivity index (χ0n) is 21.0. The molecule has 2 unspecified atom stereocenters. The van der Waals surface area contributed by atoms with Crippen LogP contribution in [0.25, 0.3) is 34.0 Å². The van der Waals surface area contributed by atoms with Gasteiger partial charge in [0.25, 0.3) is 0 Å². The van der Waals surface area contributed by atoms with E-state index in [9.17, 15) is 12.8 Å². The van der Waals surface area contributed by atoms with E-state index in [4.69, 9.17) is 10.3 Å². The van der Waals surface area contributed by atoms with Crippen LogP contribution in [0.5, 0.6) is 0 Å². The van der Waals surface area contributed by atoms with E-state index in [0.29, 0.717) is 47.9 Å². The molecule has 194 valence electrons. The molecule has 37 heavy (non-hydrogen) atoms. The fourth-order valence-electron chi connectivity index (χ4n) is 3.72. The molecule has 4 aromatic rings. The quantitative estimate of drug-likeness (QED) is 0.295. The third-order valence-electron chi connectivity index (χ3n) is 6.13. The molecule has 0 aliphatic rings. The molecule has 2 heterocycles. The third-order valence-corrected chi connectivity index (χ3v) is 8.45. The van der Waals surface area contributed by atoms with Crippen LogP contribution in [0.15, 0.2) is 70.2 Å². The van der Waals surface area contributed by atoms with Crippen molar-refractivity contribution in [3.05, 3.63) is 66.4 Å². The summed E-state index contributed by atoms with van der Waals surface area (Å²) in [6.45, 7) is 5.94. The Morgan fingerprint density at radius 2 is 1.68 bits per heavy atom. The minimum Gasteiger partial charge on any atom is -0.382 e. The number of hydrogen-bond acceptors (Lipinski definition) is 8. The lowest BCUT2D eigenvalue weighted by Crippen LogP contribution is -2.21. The average Bonchev–Trinajstić information content (AvgIpc) is 3.39. The van der Waals surface area contributed by atoms with Gasteiger partial charge in [-0.05, 0) is 38.0 Å². The molecular weight excluding hydrogens is 493 g/mol. The second kappa shape index (κ2) is 11.2. The summed E-state index contributed by atoms with van der Waals surface area (Å²) >= 11 is 0. The second-order valence-corrected chi connectivity index (χ2v) is 11.3. The SMILES string of the molecule is CCC(C)S(=O)(=O)c1ccc(-c2cnc(N)c(-c3cc(-c4ccc(CNCC(C)F)cc4)no3)n2)cc1. The van der Waals surface area contributed by atoms with E-state index in [0.717, 1.165) is 11.1 Å². The van der Waals surface area contributed by atoms with Gasteiger partial charge in [-0.1, -0.05) is 48.5 Å². The van der Waals surface area contributed by atoms with Crippen LogP contribution in [0, 0.1) is 0 Å². The molecule has 0 aliphatic heterocycles. The molecule has 3 N–H and O–H groups in total. The monoisotopic (exact) mass is 523 g/mol. The van der Waals surface area contributed by atoms with Crippen molar-refractivity contribution < 1.29 is 17.3 Å². The first-order valence-corrected chi connectivity index (χ1v) is 13.6. The number of hydrogen-bond donors (Lipinski definition) is 2. The van der Waals surface area contributed by atoms with Gasteiger partial charge in [0, 0.05) is 30.3 Å². The molecular formula is C27H30FN5O3S. The Balaban J connectivity index is 1.54. The lowest BCUT2D eigenvalue weighted by atomic mass is 10.1. The fourth-order valence-corrected chi connectivity index (χ4v) is 5.14. The Morgan fingerprint density at radius 1 is 1.03 bits per heavy atom. The van der Waals surface area contributed by atoms with E-state index in [1.165, 1.54) is 13.1 Å². The highest BCUT2D eigenvalue weighted by Crippen LogP contribution is 2.30. The van der Waals surface area contributed by atoms with Gasteiger partial charge in [-0.25, -0.2) is 22.8 Å². The molecule has 10 heteroatoms. The van der Waals surface area contributed by atoms with Crippen molar-refractivity contribution >= 4 is 15.7 Å². The first-order chi connectivity index (χ1) is 17.7. The normalized spacial score (nSPS) is 13.4. The number of nitrogens with one attached hydrogen (secondary N) is 1. The highest BCUT2D eigenvalue weighted by molar-refractivity contribution is 7.92. The van der Waals surface area contributed by atoms with E-state index in [2.05, 4.69) is 20.4 Å². The van der Waals surface area contributed by atoms with E-state index in [1.807, 2.05) is 31.2 Å². The molecule has 2 aromatic heterocycles. The molecule has 0 aliphatic carbocycles. The first kappa shape index (κ1) is 26.4. The number of anilines is 1. The zero-order chi connectivity index (χ0) is 26.6. The summed E-state index contributed by atoms with van der Waals surface area (Å²) in [5.74, 6) is 0.548. The van der Waals surface area contributed by atoms with Crippen LogP contribution < -0.4 is 11.1 Å². The summed E-state index contributed by atoms with van der Waals surface area (Å²) in [6.07, 6.45) is 1.18. The van der Waals surface area contributed by atoms with Gasteiger partial charge < -0.3 is 15.6 Å². The molecule has 0 bridgehead atoms. The third kappa shape index (κ3) is 6.03.